The largest absolute Gasteiger partial charge is 0.377 e. The Labute approximate surface area is 91.1 Å². The fourth-order valence-corrected chi connectivity index (χ4v) is 1.27. The van der Waals surface area contributed by atoms with Crippen LogP contribution in [0.5, 0.6) is 0 Å². The third kappa shape index (κ3) is 4.01. The minimum Gasteiger partial charge on any atom is -0.377 e. The molecule has 0 aliphatic carbocycles. The van der Waals surface area contributed by atoms with E-state index in [9.17, 15) is 4.79 Å². The summed E-state index contributed by atoms with van der Waals surface area (Å²) >= 11 is 0. The molecule has 0 spiro atoms. The Kier molecular flexibility index (Phi) is 4.78. The molecule has 0 aromatic rings. The van der Waals surface area contributed by atoms with Crippen molar-refractivity contribution in [3.8, 4) is 0 Å². The van der Waals surface area contributed by atoms with E-state index in [0.29, 0.717) is 13.2 Å². The van der Waals surface area contributed by atoms with Gasteiger partial charge in [0, 0.05) is 25.2 Å². The molecule has 1 saturated heterocycles. The van der Waals surface area contributed by atoms with Crippen LogP contribution in [0, 0.1) is 0 Å². The number of carbonyl (C=O) groups excluding carboxylic acids is 1. The Morgan fingerprint density at radius 1 is 1.53 bits per heavy atom. The first-order valence-corrected chi connectivity index (χ1v) is 5.40. The first-order chi connectivity index (χ1) is 7.11. The van der Waals surface area contributed by atoms with Crippen LogP contribution in [0.25, 0.3) is 0 Å². The Hall–Kier alpha value is -0.870. The number of rotatable bonds is 5. The Morgan fingerprint density at radius 3 is 2.67 bits per heavy atom. The van der Waals surface area contributed by atoms with E-state index < -0.39 is 0 Å². The summed E-state index contributed by atoms with van der Waals surface area (Å²) < 4.78 is 5.33. The highest BCUT2D eigenvalue weighted by Crippen LogP contribution is 2.08. The van der Waals surface area contributed by atoms with Gasteiger partial charge in [0.2, 0.25) is 5.91 Å². The normalized spacial score (nSPS) is 15.1. The second-order valence-corrected chi connectivity index (χ2v) is 4.01. The molecule has 4 nitrogen and oxygen atoms in total. The van der Waals surface area contributed by atoms with Crippen molar-refractivity contribution in [2.75, 3.05) is 26.2 Å². The number of amides is 1. The van der Waals surface area contributed by atoms with Crippen LogP contribution in [0.15, 0.2) is 11.1 Å². The molecule has 0 saturated carbocycles. The van der Waals surface area contributed by atoms with Gasteiger partial charge in [-0.2, -0.15) is 0 Å². The Morgan fingerprint density at radius 2 is 2.20 bits per heavy atom. The minimum atomic E-state index is 0.0267. The van der Waals surface area contributed by atoms with Gasteiger partial charge in [-0.1, -0.05) is 0 Å². The molecule has 2 N–H and O–H groups in total. The van der Waals surface area contributed by atoms with Crippen molar-refractivity contribution in [1.82, 2.24) is 10.6 Å². The fourth-order valence-electron chi connectivity index (χ4n) is 1.27. The van der Waals surface area contributed by atoms with Crippen LogP contribution in [-0.4, -0.2) is 38.3 Å². The van der Waals surface area contributed by atoms with E-state index in [4.69, 9.17) is 4.74 Å². The fraction of sp³-hybridized carbons (Fsp3) is 0.727. The summed E-state index contributed by atoms with van der Waals surface area (Å²) in [7, 11) is 0. The minimum absolute atomic E-state index is 0.0267. The van der Waals surface area contributed by atoms with E-state index in [-0.39, 0.29) is 12.0 Å². The summed E-state index contributed by atoms with van der Waals surface area (Å²) in [5, 5.41) is 5.95. The second-order valence-electron chi connectivity index (χ2n) is 4.01. The molecular formula is C11H20N2O2. The molecular weight excluding hydrogens is 192 g/mol. The van der Waals surface area contributed by atoms with Crippen molar-refractivity contribution in [3.63, 3.8) is 0 Å². The lowest BCUT2D eigenvalue weighted by Gasteiger charge is -2.21. The third-order valence-corrected chi connectivity index (χ3v) is 2.39. The number of hydrogen-bond acceptors (Lipinski definition) is 3. The number of nitrogens with one attached hydrogen (secondary N) is 2. The highest BCUT2D eigenvalue weighted by Gasteiger charge is 2.15. The summed E-state index contributed by atoms with van der Waals surface area (Å²) in [4.78, 5) is 11.6. The molecule has 86 valence electrons. The van der Waals surface area contributed by atoms with E-state index in [1.807, 2.05) is 20.8 Å². The van der Waals surface area contributed by atoms with Gasteiger partial charge < -0.3 is 15.4 Å². The molecule has 0 unspecified atom stereocenters. The number of ether oxygens (including phenoxy) is 1. The van der Waals surface area contributed by atoms with Gasteiger partial charge in [0.05, 0.1) is 12.7 Å². The summed E-state index contributed by atoms with van der Waals surface area (Å²) in [6.07, 6.45) is 0.220. The van der Waals surface area contributed by atoms with Gasteiger partial charge in [0.25, 0.3) is 0 Å². The van der Waals surface area contributed by atoms with Crippen molar-refractivity contribution >= 4 is 5.91 Å². The summed E-state index contributed by atoms with van der Waals surface area (Å²) in [5.74, 6) is 0.0267. The monoisotopic (exact) mass is 212 g/mol. The smallest absolute Gasteiger partial charge is 0.247 e. The first kappa shape index (κ1) is 12.2. The highest BCUT2D eigenvalue weighted by molar-refractivity contribution is 5.93. The van der Waals surface area contributed by atoms with Crippen LogP contribution in [-0.2, 0) is 9.53 Å². The molecule has 0 atom stereocenters. The highest BCUT2D eigenvalue weighted by atomic mass is 16.5. The molecule has 4 heteroatoms. The second kappa shape index (κ2) is 5.88. The lowest BCUT2D eigenvalue weighted by molar-refractivity contribution is -0.117. The maximum atomic E-state index is 11.6. The molecule has 0 aromatic heterocycles. The van der Waals surface area contributed by atoms with Crippen LogP contribution < -0.4 is 10.6 Å². The average molecular weight is 212 g/mol. The van der Waals surface area contributed by atoms with Crippen molar-refractivity contribution in [2.45, 2.75) is 26.9 Å². The van der Waals surface area contributed by atoms with E-state index >= 15 is 0 Å². The van der Waals surface area contributed by atoms with Crippen LogP contribution in [0.2, 0.25) is 0 Å². The Bertz CT molecular complexity index is 253. The van der Waals surface area contributed by atoms with Crippen LogP contribution in [0.1, 0.15) is 20.8 Å². The van der Waals surface area contributed by atoms with Gasteiger partial charge in [-0.15, -0.1) is 0 Å². The average Bonchev–Trinajstić information content (AvgIpc) is 2.08. The van der Waals surface area contributed by atoms with Gasteiger partial charge in [-0.25, -0.2) is 0 Å². The number of hydrogen-bond donors (Lipinski definition) is 2. The molecule has 1 rings (SSSR count). The van der Waals surface area contributed by atoms with Gasteiger partial charge in [0.1, 0.15) is 0 Å². The van der Waals surface area contributed by atoms with E-state index in [1.165, 1.54) is 5.57 Å². The predicted molar refractivity (Wildman–Crippen MR) is 59.7 cm³/mol. The predicted octanol–water partition coefficient (Wildman–Crippen LogP) is 0.447. The zero-order valence-corrected chi connectivity index (χ0v) is 9.72. The standard InChI is InChI=1S/C11H20N2O2/c1-8(2)15-5-4-13-11(14)9(3)10-6-12-7-10/h8,12H,4-7H2,1-3H3,(H,13,14). The molecule has 0 radical (unpaired) electrons. The van der Waals surface area contributed by atoms with Crippen molar-refractivity contribution in [2.24, 2.45) is 0 Å². The van der Waals surface area contributed by atoms with Crippen LogP contribution in [0.3, 0.4) is 0 Å². The van der Waals surface area contributed by atoms with Gasteiger partial charge in [0.15, 0.2) is 0 Å². The molecule has 1 fully saturated rings. The quantitative estimate of drug-likeness (QED) is 0.514. The van der Waals surface area contributed by atoms with Gasteiger partial charge in [-0.3, -0.25) is 4.79 Å². The van der Waals surface area contributed by atoms with E-state index in [1.54, 1.807) is 0 Å². The number of carbonyl (C=O) groups is 1. The summed E-state index contributed by atoms with van der Waals surface area (Å²) in [6, 6.07) is 0. The molecule has 1 amide bonds. The maximum absolute atomic E-state index is 11.6. The van der Waals surface area contributed by atoms with E-state index in [0.717, 1.165) is 18.7 Å². The van der Waals surface area contributed by atoms with E-state index in [2.05, 4.69) is 10.6 Å². The lowest BCUT2D eigenvalue weighted by atomic mass is 10.0. The van der Waals surface area contributed by atoms with Gasteiger partial charge in [-0.05, 0) is 26.3 Å². The topological polar surface area (TPSA) is 50.4 Å². The molecule has 1 aliphatic rings. The van der Waals surface area contributed by atoms with Crippen molar-refractivity contribution in [3.05, 3.63) is 11.1 Å². The molecule has 0 bridgehead atoms. The zero-order valence-electron chi connectivity index (χ0n) is 9.72. The maximum Gasteiger partial charge on any atom is 0.247 e. The van der Waals surface area contributed by atoms with Gasteiger partial charge >= 0.3 is 0 Å². The zero-order chi connectivity index (χ0) is 11.3. The summed E-state index contributed by atoms with van der Waals surface area (Å²) in [5.41, 5.74) is 2.05. The molecule has 1 heterocycles. The summed E-state index contributed by atoms with van der Waals surface area (Å²) in [6.45, 7) is 8.68. The molecule has 1 aliphatic heterocycles. The van der Waals surface area contributed by atoms with Crippen LogP contribution >= 0.6 is 0 Å². The first-order valence-electron chi connectivity index (χ1n) is 5.40. The lowest BCUT2D eigenvalue weighted by Crippen LogP contribution is -2.38. The Balaban J connectivity index is 2.18. The van der Waals surface area contributed by atoms with Crippen LogP contribution in [0.4, 0.5) is 0 Å². The van der Waals surface area contributed by atoms with Crippen molar-refractivity contribution in [1.29, 1.82) is 0 Å². The molecule has 15 heavy (non-hydrogen) atoms. The van der Waals surface area contributed by atoms with Crippen molar-refractivity contribution < 1.29 is 9.53 Å². The molecule has 0 aromatic carbocycles. The SMILES string of the molecule is CC(C(=O)NCCOC(C)C)=C1CNC1. The third-order valence-electron chi connectivity index (χ3n) is 2.39.